The fraction of sp³-hybridized carbons (Fsp3) is 0.375. The van der Waals surface area contributed by atoms with Crippen LogP contribution >= 0.6 is 0 Å². The van der Waals surface area contributed by atoms with Crippen LogP contribution in [0.5, 0.6) is 0 Å². The number of nitrogens with one attached hydrogen (secondary N) is 1. The van der Waals surface area contributed by atoms with E-state index in [1.165, 1.54) is 4.80 Å². The topological polar surface area (TPSA) is 82.9 Å². The highest BCUT2D eigenvalue weighted by atomic mass is 16.2. The summed E-state index contributed by atoms with van der Waals surface area (Å²) in [7, 11) is 3.97. The monoisotopic (exact) mass is 327 g/mol. The maximum absolute atomic E-state index is 12.7. The van der Waals surface area contributed by atoms with Gasteiger partial charge in [0.25, 0.3) is 0 Å². The normalized spacial score (nSPS) is 11.3. The SMILES string of the molecule is CN(C)CCN(Cc1cnc[nH]1)C(=O)Cn1nc2ccccc2n1. The standard InChI is InChI=1S/C16H21N7O/c1-21(2)7-8-22(10-13-9-17-12-18-13)16(24)11-23-19-14-5-3-4-6-15(14)20-23/h3-6,9,12H,7-8,10-11H2,1-2H3,(H,17,18). The minimum atomic E-state index is -0.0215. The van der Waals surface area contributed by atoms with Crippen LogP contribution in [0.15, 0.2) is 36.8 Å². The Labute approximate surface area is 140 Å². The zero-order valence-electron chi connectivity index (χ0n) is 13.9. The van der Waals surface area contributed by atoms with Crippen LogP contribution in [0.1, 0.15) is 5.69 Å². The molecule has 0 aliphatic heterocycles. The highest BCUT2D eigenvalue weighted by Crippen LogP contribution is 2.08. The van der Waals surface area contributed by atoms with E-state index in [-0.39, 0.29) is 12.5 Å². The first-order valence-electron chi connectivity index (χ1n) is 7.81. The summed E-state index contributed by atoms with van der Waals surface area (Å²) in [4.78, 5) is 25.1. The first-order valence-corrected chi connectivity index (χ1v) is 7.81. The molecule has 1 amide bonds. The maximum Gasteiger partial charge on any atom is 0.246 e. The summed E-state index contributed by atoms with van der Waals surface area (Å²) >= 11 is 0. The van der Waals surface area contributed by atoms with Crippen molar-refractivity contribution in [3.63, 3.8) is 0 Å². The molecule has 0 aliphatic carbocycles. The van der Waals surface area contributed by atoms with E-state index in [1.807, 2.05) is 43.3 Å². The first-order chi connectivity index (χ1) is 11.6. The van der Waals surface area contributed by atoms with Gasteiger partial charge >= 0.3 is 0 Å². The van der Waals surface area contributed by atoms with Crippen molar-refractivity contribution in [2.24, 2.45) is 0 Å². The number of benzene rings is 1. The highest BCUT2D eigenvalue weighted by Gasteiger charge is 2.17. The molecule has 2 aromatic heterocycles. The first kappa shape index (κ1) is 16.1. The second-order valence-electron chi connectivity index (χ2n) is 5.91. The van der Waals surface area contributed by atoms with Crippen LogP contribution < -0.4 is 0 Å². The van der Waals surface area contributed by atoms with Gasteiger partial charge in [-0.25, -0.2) is 4.98 Å². The van der Waals surface area contributed by atoms with Gasteiger partial charge in [-0.1, -0.05) is 12.1 Å². The van der Waals surface area contributed by atoms with Gasteiger partial charge in [0.1, 0.15) is 17.6 Å². The Bertz CT molecular complexity index is 761. The molecule has 0 saturated carbocycles. The molecule has 1 aromatic carbocycles. The Morgan fingerprint density at radius 3 is 2.46 bits per heavy atom. The second-order valence-corrected chi connectivity index (χ2v) is 5.91. The molecule has 0 bridgehead atoms. The number of amides is 1. The van der Waals surface area contributed by atoms with Crippen molar-refractivity contribution >= 4 is 16.9 Å². The molecule has 8 nitrogen and oxygen atoms in total. The van der Waals surface area contributed by atoms with E-state index in [0.717, 1.165) is 23.3 Å². The van der Waals surface area contributed by atoms with Crippen LogP contribution in [0.25, 0.3) is 11.0 Å². The van der Waals surface area contributed by atoms with Crippen molar-refractivity contribution in [1.82, 2.24) is 34.8 Å². The Kier molecular flexibility index (Phi) is 4.85. The lowest BCUT2D eigenvalue weighted by molar-refractivity contribution is -0.133. The van der Waals surface area contributed by atoms with Gasteiger partial charge in [-0.05, 0) is 26.2 Å². The zero-order valence-corrected chi connectivity index (χ0v) is 13.9. The summed E-state index contributed by atoms with van der Waals surface area (Å²) in [6.07, 6.45) is 3.35. The number of likely N-dealkylation sites (N-methyl/N-ethyl adjacent to an activating group) is 1. The molecule has 0 spiro atoms. The summed E-state index contributed by atoms with van der Waals surface area (Å²) in [6.45, 7) is 2.03. The predicted octanol–water partition coefficient (Wildman–Crippen LogP) is 0.745. The van der Waals surface area contributed by atoms with Crippen LogP contribution in [0.4, 0.5) is 0 Å². The fourth-order valence-corrected chi connectivity index (χ4v) is 2.39. The van der Waals surface area contributed by atoms with E-state index in [0.29, 0.717) is 13.1 Å². The number of aromatic amines is 1. The van der Waals surface area contributed by atoms with Crippen LogP contribution in [-0.2, 0) is 17.9 Å². The number of rotatable bonds is 7. The molecule has 0 fully saturated rings. The third-order valence-corrected chi connectivity index (χ3v) is 3.69. The van der Waals surface area contributed by atoms with Gasteiger partial charge in [-0.3, -0.25) is 4.79 Å². The van der Waals surface area contributed by atoms with Crippen molar-refractivity contribution in [3.8, 4) is 0 Å². The molecule has 0 radical (unpaired) electrons. The number of H-pyrrole nitrogens is 1. The van der Waals surface area contributed by atoms with Gasteiger partial charge in [0.15, 0.2) is 0 Å². The van der Waals surface area contributed by atoms with E-state index in [2.05, 4.69) is 20.2 Å². The van der Waals surface area contributed by atoms with Crippen LogP contribution in [-0.4, -0.2) is 67.9 Å². The molecule has 2 heterocycles. The van der Waals surface area contributed by atoms with Crippen LogP contribution in [0, 0.1) is 0 Å². The Morgan fingerprint density at radius 1 is 1.17 bits per heavy atom. The minimum absolute atomic E-state index is 0.0215. The highest BCUT2D eigenvalue weighted by molar-refractivity contribution is 5.77. The lowest BCUT2D eigenvalue weighted by Gasteiger charge is -2.23. The number of fused-ring (bicyclic) bond motifs is 1. The van der Waals surface area contributed by atoms with Gasteiger partial charge in [0.05, 0.1) is 18.6 Å². The van der Waals surface area contributed by atoms with Gasteiger partial charge in [0, 0.05) is 19.3 Å². The van der Waals surface area contributed by atoms with E-state index < -0.39 is 0 Å². The molecule has 126 valence electrons. The molecular weight excluding hydrogens is 306 g/mol. The quantitative estimate of drug-likeness (QED) is 0.692. The van der Waals surface area contributed by atoms with Gasteiger partial charge in [-0.15, -0.1) is 0 Å². The predicted molar refractivity (Wildman–Crippen MR) is 90.1 cm³/mol. The number of carbonyl (C=O) groups is 1. The molecule has 0 unspecified atom stereocenters. The average Bonchev–Trinajstić information content (AvgIpc) is 3.19. The van der Waals surface area contributed by atoms with E-state index in [1.54, 1.807) is 17.4 Å². The summed E-state index contributed by atoms with van der Waals surface area (Å²) < 4.78 is 0. The lowest BCUT2D eigenvalue weighted by Crippen LogP contribution is -2.38. The number of nitrogens with zero attached hydrogens (tertiary/aromatic N) is 6. The third kappa shape index (κ3) is 3.96. The summed E-state index contributed by atoms with van der Waals surface area (Å²) in [6, 6.07) is 7.59. The van der Waals surface area contributed by atoms with Gasteiger partial charge in [-0.2, -0.15) is 15.0 Å². The van der Waals surface area contributed by atoms with E-state index in [4.69, 9.17) is 0 Å². The number of imidazole rings is 1. The minimum Gasteiger partial charge on any atom is -0.347 e. The molecular formula is C16H21N7O. The molecule has 24 heavy (non-hydrogen) atoms. The molecule has 3 aromatic rings. The molecule has 8 heteroatoms. The Morgan fingerprint density at radius 2 is 1.88 bits per heavy atom. The second kappa shape index (κ2) is 7.22. The van der Waals surface area contributed by atoms with E-state index >= 15 is 0 Å². The molecule has 1 N–H and O–H groups in total. The number of carbonyl (C=O) groups excluding carboxylic acids is 1. The van der Waals surface area contributed by atoms with Crippen molar-refractivity contribution in [2.45, 2.75) is 13.1 Å². The van der Waals surface area contributed by atoms with Crippen molar-refractivity contribution in [2.75, 3.05) is 27.2 Å². The third-order valence-electron chi connectivity index (χ3n) is 3.69. The zero-order chi connectivity index (χ0) is 16.9. The molecule has 0 aliphatic rings. The largest absolute Gasteiger partial charge is 0.347 e. The number of hydrogen-bond donors (Lipinski definition) is 1. The van der Waals surface area contributed by atoms with Gasteiger partial charge in [0.2, 0.25) is 5.91 Å². The maximum atomic E-state index is 12.7. The van der Waals surface area contributed by atoms with E-state index in [9.17, 15) is 4.79 Å². The van der Waals surface area contributed by atoms with Crippen molar-refractivity contribution < 1.29 is 4.79 Å². The molecule has 3 rings (SSSR count). The van der Waals surface area contributed by atoms with Crippen molar-refractivity contribution in [3.05, 3.63) is 42.5 Å². The van der Waals surface area contributed by atoms with Crippen LogP contribution in [0.2, 0.25) is 0 Å². The Balaban J connectivity index is 1.71. The molecule has 0 atom stereocenters. The molecule has 0 saturated heterocycles. The van der Waals surface area contributed by atoms with Crippen LogP contribution in [0.3, 0.4) is 0 Å². The smallest absolute Gasteiger partial charge is 0.246 e. The summed E-state index contributed by atoms with van der Waals surface area (Å²) in [5.41, 5.74) is 2.48. The summed E-state index contributed by atoms with van der Waals surface area (Å²) in [5, 5.41) is 8.71. The van der Waals surface area contributed by atoms with Crippen molar-refractivity contribution in [1.29, 1.82) is 0 Å². The fourth-order valence-electron chi connectivity index (χ4n) is 2.39. The summed E-state index contributed by atoms with van der Waals surface area (Å²) in [5.74, 6) is -0.0215. The lowest BCUT2D eigenvalue weighted by atomic mass is 10.3. The number of hydrogen-bond acceptors (Lipinski definition) is 5. The van der Waals surface area contributed by atoms with Gasteiger partial charge < -0.3 is 14.8 Å². The number of aromatic nitrogens is 5. The Hall–Kier alpha value is -2.74. The average molecular weight is 327 g/mol.